The Kier molecular flexibility index (Phi) is 4.22. The van der Waals surface area contributed by atoms with Crippen LogP contribution in [0.1, 0.15) is 11.5 Å². The van der Waals surface area contributed by atoms with Crippen LogP contribution in [0.25, 0.3) is 11.7 Å². The van der Waals surface area contributed by atoms with Crippen LogP contribution in [0.2, 0.25) is 5.02 Å². The first kappa shape index (κ1) is 15.0. The number of halogens is 1. The van der Waals surface area contributed by atoms with Gasteiger partial charge in [-0.2, -0.15) is 10.2 Å². The van der Waals surface area contributed by atoms with Gasteiger partial charge in [0.25, 0.3) is 5.89 Å². The number of hydrogen-bond acceptors (Lipinski definition) is 6. The lowest BCUT2D eigenvalue weighted by Crippen LogP contribution is -1.93. The van der Waals surface area contributed by atoms with Crippen molar-refractivity contribution in [2.75, 3.05) is 12.4 Å². The summed E-state index contributed by atoms with van der Waals surface area (Å²) >= 11 is 5.82. The second-order valence-corrected chi connectivity index (χ2v) is 5.00. The molecule has 0 fully saturated rings. The number of oxazole rings is 1. The summed E-state index contributed by atoms with van der Waals surface area (Å²) < 4.78 is 16.7. The minimum Gasteiger partial charge on any atom is -0.486 e. The maximum Gasteiger partial charge on any atom is 0.266 e. The van der Waals surface area contributed by atoms with Gasteiger partial charge in [0.15, 0.2) is 5.76 Å². The van der Waals surface area contributed by atoms with E-state index in [1.807, 2.05) is 6.07 Å². The molecule has 2 aromatic heterocycles. The Labute approximate surface area is 137 Å². The molecule has 0 saturated heterocycles. The van der Waals surface area contributed by atoms with Gasteiger partial charge in [0, 0.05) is 12.1 Å². The molecule has 0 amide bonds. The lowest BCUT2D eigenvalue weighted by atomic mass is 10.3. The van der Waals surface area contributed by atoms with Gasteiger partial charge in [-0.1, -0.05) is 11.6 Å². The number of nitriles is 1. The van der Waals surface area contributed by atoms with Crippen molar-refractivity contribution in [3.8, 4) is 23.5 Å². The Bertz CT molecular complexity index is 846. The van der Waals surface area contributed by atoms with Crippen molar-refractivity contribution in [3.63, 3.8) is 0 Å². The van der Waals surface area contributed by atoms with Crippen LogP contribution in [0.4, 0.5) is 5.88 Å². The summed E-state index contributed by atoms with van der Waals surface area (Å²) in [7, 11) is 1.65. The average molecular weight is 330 g/mol. The van der Waals surface area contributed by atoms with Gasteiger partial charge < -0.3 is 18.9 Å². The fourth-order valence-corrected chi connectivity index (χ4v) is 2.05. The lowest BCUT2D eigenvalue weighted by molar-refractivity contribution is 0.271. The molecule has 1 aromatic carbocycles. The van der Waals surface area contributed by atoms with Crippen LogP contribution in [-0.4, -0.2) is 12.0 Å². The molecule has 0 unspecified atom stereocenters. The standard InChI is InChI=1S/C16H12ClN3O3/c1-19-15-13(8-18)20-16(23-15)14-7-6-12(22-14)9-21-11-4-2-10(17)3-5-11/h2-7,19H,9H2,1H3. The number of benzene rings is 1. The number of aromatic nitrogens is 1. The molecule has 1 N–H and O–H groups in total. The number of nitrogens with zero attached hydrogens (tertiary/aromatic N) is 2. The van der Waals surface area contributed by atoms with Gasteiger partial charge in [-0.05, 0) is 36.4 Å². The first-order valence-corrected chi connectivity index (χ1v) is 7.13. The fourth-order valence-electron chi connectivity index (χ4n) is 1.93. The third-order valence-corrected chi connectivity index (χ3v) is 3.28. The molecule has 0 saturated carbocycles. The van der Waals surface area contributed by atoms with Gasteiger partial charge in [-0.15, -0.1) is 0 Å². The average Bonchev–Trinajstić information content (AvgIpc) is 3.20. The van der Waals surface area contributed by atoms with Gasteiger partial charge >= 0.3 is 0 Å². The van der Waals surface area contributed by atoms with E-state index in [4.69, 9.17) is 30.4 Å². The van der Waals surface area contributed by atoms with Crippen LogP contribution in [0.15, 0.2) is 45.2 Å². The van der Waals surface area contributed by atoms with Crippen molar-refractivity contribution in [2.24, 2.45) is 0 Å². The predicted molar refractivity (Wildman–Crippen MR) is 84.3 cm³/mol. The molecule has 116 valence electrons. The highest BCUT2D eigenvalue weighted by molar-refractivity contribution is 6.30. The topological polar surface area (TPSA) is 84.2 Å². The van der Waals surface area contributed by atoms with Gasteiger partial charge in [0.05, 0.1) is 0 Å². The van der Waals surface area contributed by atoms with Crippen molar-refractivity contribution < 1.29 is 13.6 Å². The molecule has 0 spiro atoms. The third-order valence-electron chi connectivity index (χ3n) is 3.03. The molecule has 0 bridgehead atoms. The summed E-state index contributed by atoms with van der Waals surface area (Å²) in [6.45, 7) is 0.256. The number of anilines is 1. The zero-order chi connectivity index (χ0) is 16.2. The van der Waals surface area contributed by atoms with E-state index in [9.17, 15) is 0 Å². The van der Waals surface area contributed by atoms with Crippen LogP contribution >= 0.6 is 11.6 Å². The minimum absolute atomic E-state index is 0.179. The number of rotatable bonds is 5. The molecular formula is C16H12ClN3O3. The molecule has 7 heteroatoms. The number of ether oxygens (including phenoxy) is 1. The Morgan fingerprint density at radius 3 is 2.65 bits per heavy atom. The Morgan fingerprint density at radius 1 is 1.22 bits per heavy atom. The largest absolute Gasteiger partial charge is 0.486 e. The van der Waals surface area contributed by atoms with E-state index < -0.39 is 0 Å². The molecule has 0 atom stereocenters. The summed E-state index contributed by atoms with van der Waals surface area (Å²) in [6.07, 6.45) is 0. The Morgan fingerprint density at radius 2 is 2.00 bits per heavy atom. The molecule has 2 heterocycles. The van der Waals surface area contributed by atoms with E-state index >= 15 is 0 Å². The predicted octanol–water partition coefficient (Wildman–Crippen LogP) is 4.08. The SMILES string of the molecule is CNc1oc(-c2ccc(COc3ccc(Cl)cc3)o2)nc1C#N. The van der Waals surface area contributed by atoms with Crippen molar-refractivity contribution in [1.82, 2.24) is 4.98 Å². The highest BCUT2D eigenvalue weighted by atomic mass is 35.5. The molecular weight excluding hydrogens is 318 g/mol. The summed E-state index contributed by atoms with van der Waals surface area (Å²) in [5.74, 6) is 2.27. The minimum atomic E-state index is 0.179. The number of furan rings is 1. The molecule has 0 aliphatic carbocycles. The number of nitrogens with one attached hydrogen (secondary N) is 1. The maximum absolute atomic E-state index is 8.97. The molecule has 0 aliphatic rings. The van der Waals surface area contributed by atoms with E-state index in [0.29, 0.717) is 28.2 Å². The highest BCUT2D eigenvalue weighted by Gasteiger charge is 2.16. The quantitative estimate of drug-likeness (QED) is 0.759. The lowest BCUT2D eigenvalue weighted by Gasteiger charge is -2.03. The Hall–Kier alpha value is -2.91. The molecule has 0 radical (unpaired) electrons. The second-order valence-electron chi connectivity index (χ2n) is 4.57. The zero-order valence-electron chi connectivity index (χ0n) is 12.2. The van der Waals surface area contributed by atoms with Crippen molar-refractivity contribution in [2.45, 2.75) is 6.61 Å². The molecule has 3 rings (SSSR count). The third kappa shape index (κ3) is 3.30. The van der Waals surface area contributed by atoms with E-state index in [2.05, 4.69) is 10.3 Å². The first-order valence-electron chi connectivity index (χ1n) is 6.75. The summed E-state index contributed by atoms with van der Waals surface area (Å²) in [6, 6.07) is 12.5. The smallest absolute Gasteiger partial charge is 0.266 e. The maximum atomic E-state index is 8.97. The van der Waals surface area contributed by atoms with E-state index in [1.54, 1.807) is 43.4 Å². The Balaban J connectivity index is 1.72. The van der Waals surface area contributed by atoms with Gasteiger partial charge in [0.2, 0.25) is 11.6 Å². The number of hydrogen-bond donors (Lipinski definition) is 1. The second kappa shape index (κ2) is 6.46. The van der Waals surface area contributed by atoms with Crippen LogP contribution in [0.3, 0.4) is 0 Å². The molecule has 6 nitrogen and oxygen atoms in total. The van der Waals surface area contributed by atoms with Crippen molar-refractivity contribution >= 4 is 17.5 Å². The molecule has 3 aromatic rings. The molecule has 23 heavy (non-hydrogen) atoms. The van der Waals surface area contributed by atoms with Crippen LogP contribution in [0.5, 0.6) is 5.75 Å². The molecule has 0 aliphatic heterocycles. The summed E-state index contributed by atoms with van der Waals surface area (Å²) in [5.41, 5.74) is 0.179. The summed E-state index contributed by atoms with van der Waals surface area (Å²) in [4.78, 5) is 4.07. The van der Waals surface area contributed by atoms with E-state index in [-0.39, 0.29) is 18.2 Å². The highest BCUT2D eigenvalue weighted by Crippen LogP contribution is 2.27. The van der Waals surface area contributed by atoms with E-state index in [1.165, 1.54) is 0 Å². The van der Waals surface area contributed by atoms with Gasteiger partial charge in [-0.25, -0.2) is 0 Å². The van der Waals surface area contributed by atoms with E-state index in [0.717, 1.165) is 0 Å². The van der Waals surface area contributed by atoms with Crippen molar-refractivity contribution in [3.05, 3.63) is 52.9 Å². The van der Waals surface area contributed by atoms with Crippen LogP contribution < -0.4 is 10.1 Å². The van der Waals surface area contributed by atoms with Crippen molar-refractivity contribution in [1.29, 1.82) is 5.26 Å². The monoisotopic (exact) mass is 329 g/mol. The first-order chi connectivity index (χ1) is 11.2. The zero-order valence-corrected chi connectivity index (χ0v) is 12.9. The van der Waals surface area contributed by atoms with Gasteiger partial charge in [0.1, 0.15) is 24.2 Å². The van der Waals surface area contributed by atoms with Gasteiger partial charge in [-0.3, -0.25) is 0 Å². The van der Waals surface area contributed by atoms with Crippen LogP contribution in [0, 0.1) is 11.3 Å². The fraction of sp³-hybridized carbons (Fsp3) is 0.125. The van der Waals surface area contributed by atoms with Crippen LogP contribution in [-0.2, 0) is 6.61 Å². The normalized spacial score (nSPS) is 10.3. The summed E-state index contributed by atoms with van der Waals surface area (Å²) in [5, 5.41) is 12.4.